The van der Waals surface area contributed by atoms with Gasteiger partial charge in [-0.15, -0.1) is 0 Å². The molecule has 0 aliphatic heterocycles. The molecule has 7 heteroatoms. The summed E-state index contributed by atoms with van der Waals surface area (Å²) in [7, 11) is 0. The van der Waals surface area contributed by atoms with Gasteiger partial charge in [0.15, 0.2) is 12.3 Å². The van der Waals surface area contributed by atoms with E-state index in [4.69, 9.17) is 9.47 Å². The number of alkyl halides is 2. The van der Waals surface area contributed by atoms with E-state index in [9.17, 15) is 18.4 Å². The molecule has 0 N–H and O–H groups in total. The van der Waals surface area contributed by atoms with Crippen molar-refractivity contribution >= 4 is 11.9 Å². The van der Waals surface area contributed by atoms with Gasteiger partial charge in [0.05, 0.1) is 0 Å². The molecule has 2 aliphatic rings. The largest absolute Gasteiger partial charge is 0.460 e. The first kappa shape index (κ1) is 37.4. The first-order valence-corrected chi connectivity index (χ1v) is 18.3. The lowest BCUT2D eigenvalue weighted by molar-refractivity contribution is -0.157. The van der Waals surface area contributed by atoms with Crippen LogP contribution in [0.1, 0.15) is 178 Å². The third-order valence-electron chi connectivity index (χ3n) is 9.98. The molecule has 3 rings (SSSR count). The third kappa shape index (κ3) is 13.3. The van der Waals surface area contributed by atoms with Crippen LogP contribution in [-0.4, -0.2) is 36.5 Å². The number of carbonyl (C=O) groups is 2. The topological polar surface area (TPSA) is 52.6 Å². The molecule has 2 aliphatic carbocycles. The molecule has 0 spiro atoms. The van der Waals surface area contributed by atoms with Crippen molar-refractivity contribution in [3.05, 3.63) is 35.1 Å². The summed E-state index contributed by atoms with van der Waals surface area (Å²) in [5.74, 6) is -1.44. The van der Waals surface area contributed by atoms with Crippen LogP contribution < -0.4 is 0 Å². The fourth-order valence-electron chi connectivity index (χ4n) is 7.05. The van der Waals surface area contributed by atoms with Crippen molar-refractivity contribution in [3.8, 4) is 0 Å². The summed E-state index contributed by atoms with van der Waals surface area (Å²) in [5.41, 5.74) is 1.64. The van der Waals surface area contributed by atoms with Crippen LogP contribution in [0.4, 0.5) is 13.2 Å². The van der Waals surface area contributed by atoms with Gasteiger partial charge in [-0.05, 0) is 106 Å². The van der Waals surface area contributed by atoms with Gasteiger partial charge < -0.3 is 9.47 Å². The van der Waals surface area contributed by atoms with Crippen LogP contribution in [0.2, 0.25) is 0 Å². The van der Waals surface area contributed by atoms with E-state index in [1.807, 2.05) is 12.1 Å². The second-order valence-corrected chi connectivity index (χ2v) is 13.6. The van der Waals surface area contributed by atoms with Gasteiger partial charge in [0.2, 0.25) is 0 Å². The van der Waals surface area contributed by atoms with Gasteiger partial charge in [-0.25, -0.2) is 22.8 Å². The zero-order valence-corrected chi connectivity index (χ0v) is 28.0. The molecule has 1 aromatic carbocycles. The van der Waals surface area contributed by atoms with E-state index < -0.39 is 24.3 Å². The maximum Gasteiger partial charge on any atom is 0.340 e. The number of esters is 2. The molecule has 0 heterocycles. The lowest BCUT2D eigenvalue weighted by Gasteiger charge is -2.31. The number of hydrogen-bond acceptors (Lipinski definition) is 4. The van der Waals surface area contributed by atoms with Crippen LogP contribution in [0.25, 0.3) is 0 Å². The number of unbranched alkanes of at least 4 members (excludes halogenated alkanes) is 10. The molecule has 0 aromatic heterocycles. The Balaban J connectivity index is 1.34. The Kier molecular flexibility index (Phi) is 17.4. The third-order valence-corrected chi connectivity index (χ3v) is 9.98. The standard InChI is InChI=1S/C38H59F3O4/c1-3-5-7-9-11-13-15-34(39)37(42)44-31-22-17-28(18-23-31)30-21-26-33(36(41)27-30)29-19-24-32(25-20-29)45-38(43)35(40)16-14-12-10-8-6-4-2/h21,26-29,31-32,34-35H,3-20,22-25H2,1-2H3. The molecule has 0 bridgehead atoms. The first-order valence-electron chi connectivity index (χ1n) is 18.3. The van der Waals surface area contributed by atoms with E-state index in [0.717, 1.165) is 56.9 Å². The van der Waals surface area contributed by atoms with Crippen LogP contribution in [0, 0.1) is 5.82 Å². The zero-order valence-electron chi connectivity index (χ0n) is 28.0. The highest BCUT2D eigenvalue weighted by atomic mass is 19.1. The van der Waals surface area contributed by atoms with Crippen molar-refractivity contribution in [2.75, 3.05) is 0 Å². The Bertz CT molecular complexity index is 985. The molecular weight excluding hydrogens is 577 g/mol. The van der Waals surface area contributed by atoms with E-state index in [-0.39, 0.29) is 42.7 Å². The summed E-state index contributed by atoms with van der Waals surface area (Å²) >= 11 is 0. The molecule has 2 saturated carbocycles. The average Bonchev–Trinajstić information content (AvgIpc) is 3.04. The molecule has 1 aromatic rings. The fourth-order valence-corrected chi connectivity index (χ4v) is 7.05. The second-order valence-electron chi connectivity index (χ2n) is 13.6. The van der Waals surface area contributed by atoms with Gasteiger partial charge in [0.25, 0.3) is 0 Å². The maximum absolute atomic E-state index is 15.3. The quantitative estimate of drug-likeness (QED) is 0.106. The van der Waals surface area contributed by atoms with Crippen molar-refractivity contribution in [1.29, 1.82) is 0 Å². The Labute approximate surface area is 270 Å². The Morgan fingerprint density at radius 3 is 1.51 bits per heavy atom. The minimum atomic E-state index is -1.56. The summed E-state index contributed by atoms with van der Waals surface area (Å²) in [5, 5.41) is 0. The molecule has 2 unspecified atom stereocenters. The van der Waals surface area contributed by atoms with E-state index >= 15 is 4.39 Å². The monoisotopic (exact) mass is 636 g/mol. The summed E-state index contributed by atoms with van der Waals surface area (Å²) in [4.78, 5) is 24.5. The van der Waals surface area contributed by atoms with Gasteiger partial charge in [0.1, 0.15) is 18.0 Å². The molecule has 2 atom stereocenters. The molecule has 0 radical (unpaired) electrons. The smallest absolute Gasteiger partial charge is 0.340 e. The minimum absolute atomic E-state index is 0.0541. The number of carbonyl (C=O) groups excluding carboxylic acids is 2. The number of hydrogen-bond donors (Lipinski definition) is 0. The Hall–Kier alpha value is -2.05. The van der Waals surface area contributed by atoms with Crippen molar-refractivity contribution in [3.63, 3.8) is 0 Å². The van der Waals surface area contributed by atoms with Crippen LogP contribution in [0.5, 0.6) is 0 Å². The van der Waals surface area contributed by atoms with Crippen molar-refractivity contribution in [2.45, 2.75) is 191 Å². The summed E-state index contributed by atoms with van der Waals surface area (Å²) < 4.78 is 55.0. The average molecular weight is 637 g/mol. The lowest BCUT2D eigenvalue weighted by Crippen LogP contribution is -2.29. The summed E-state index contributed by atoms with van der Waals surface area (Å²) in [6.45, 7) is 4.32. The predicted molar refractivity (Wildman–Crippen MR) is 174 cm³/mol. The Morgan fingerprint density at radius 1 is 0.644 bits per heavy atom. The SMILES string of the molecule is CCCCCCCCC(F)C(=O)OC1CCC(c2ccc(C3CCC(OC(=O)C(F)CCCCCCCC)CC3)c(F)c2)CC1. The summed E-state index contributed by atoms with van der Waals surface area (Å²) in [6.07, 6.45) is 14.8. The van der Waals surface area contributed by atoms with Gasteiger partial charge in [-0.2, -0.15) is 0 Å². The Morgan fingerprint density at radius 2 is 1.07 bits per heavy atom. The normalized spacial score (nSPS) is 23.3. The van der Waals surface area contributed by atoms with Gasteiger partial charge in [0, 0.05) is 0 Å². The van der Waals surface area contributed by atoms with Crippen LogP contribution in [0.3, 0.4) is 0 Å². The van der Waals surface area contributed by atoms with Crippen LogP contribution in [0.15, 0.2) is 18.2 Å². The van der Waals surface area contributed by atoms with E-state index in [1.165, 1.54) is 25.7 Å². The van der Waals surface area contributed by atoms with E-state index in [0.29, 0.717) is 56.9 Å². The molecule has 45 heavy (non-hydrogen) atoms. The summed E-state index contributed by atoms with van der Waals surface area (Å²) in [6, 6.07) is 5.55. The van der Waals surface area contributed by atoms with Crippen molar-refractivity contribution < 1.29 is 32.2 Å². The molecule has 256 valence electrons. The van der Waals surface area contributed by atoms with Crippen LogP contribution >= 0.6 is 0 Å². The highest BCUT2D eigenvalue weighted by Crippen LogP contribution is 2.39. The maximum atomic E-state index is 15.3. The van der Waals surface area contributed by atoms with E-state index in [1.54, 1.807) is 6.07 Å². The molecular formula is C38H59F3O4. The fraction of sp³-hybridized carbons (Fsp3) is 0.789. The highest BCUT2D eigenvalue weighted by Gasteiger charge is 2.31. The zero-order chi connectivity index (χ0) is 32.4. The molecule has 0 amide bonds. The van der Waals surface area contributed by atoms with E-state index in [2.05, 4.69) is 13.8 Å². The number of ether oxygens (including phenoxy) is 2. The first-order chi connectivity index (χ1) is 21.8. The predicted octanol–water partition coefficient (Wildman–Crippen LogP) is 11.1. The van der Waals surface area contributed by atoms with Crippen LogP contribution in [-0.2, 0) is 19.1 Å². The van der Waals surface area contributed by atoms with Gasteiger partial charge in [-0.1, -0.05) is 90.2 Å². The van der Waals surface area contributed by atoms with Crippen molar-refractivity contribution in [2.24, 2.45) is 0 Å². The number of benzene rings is 1. The minimum Gasteiger partial charge on any atom is -0.460 e. The lowest BCUT2D eigenvalue weighted by atomic mass is 9.79. The molecule has 4 nitrogen and oxygen atoms in total. The molecule has 2 fully saturated rings. The highest BCUT2D eigenvalue weighted by molar-refractivity contribution is 5.75. The number of halogens is 3. The van der Waals surface area contributed by atoms with Crippen molar-refractivity contribution in [1.82, 2.24) is 0 Å². The van der Waals surface area contributed by atoms with Gasteiger partial charge >= 0.3 is 11.9 Å². The number of rotatable bonds is 20. The second kappa shape index (κ2) is 20.9. The molecule has 0 saturated heterocycles. The van der Waals surface area contributed by atoms with Gasteiger partial charge in [-0.3, -0.25) is 0 Å².